The molecule has 1 aliphatic carbocycles. The van der Waals surface area contributed by atoms with Crippen molar-refractivity contribution in [2.24, 2.45) is 0 Å². The van der Waals surface area contributed by atoms with Crippen molar-refractivity contribution in [2.75, 3.05) is 6.61 Å². The highest BCUT2D eigenvalue weighted by atomic mass is 28.3. The summed E-state index contributed by atoms with van der Waals surface area (Å²) in [6.45, 7) is 9.39. The minimum absolute atomic E-state index is 0.308. The third kappa shape index (κ3) is 5.48. The summed E-state index contributed by atoms with van der Waals surface area (Å²) in [5.74, 6) is 1.59. The summed E-state index contributed by atoms with van der Waals surface area (Å²) in [6.07, 6.45) is 7.91. The Hall–Kier alpha value is -1.10. The number of aromatic nitrogens is 1. The molecule has 1 aromatic heterocycles. The molecular formula is C18H31NO3Si. The standard InChI is InChI=1S/C18H31NO3Si/c1-5-6-12-21-18(20)16-15(13-23(2,3)4)22-17(19-16)14-10-8-7-9-11-14/h14H,5-13H2,1-4H3. The summed E-state index contributed by atoms with van der Waals surface area (Å²) in [5.41, 5.74) is 0.434. The van der Waals surface area contributed by atoms with Crippen molar-refractivity contribution in [2.45, 2.75) is 83.5 Å². The predicted molar refractivity (Wildman–Crippen MR) is 94.6 cm³/mol. The van der Waals surface area contributed by atoms with Crippen LogP contribution < -0.4 is 0 Å². The molecule has 0 unspecified atom stereocenters. The van der Waals surface area contributed by atoms with E-state index in [2.05, 4.69) is 31.5 Å². The van der Waals surface area contributed by atoms with Crippen LogP contribution in [0.4, 0.5) is 0 Å². The van der Waals surface area contributed by atoms with Gasteiger partial charge >= 0.3 is 5.97 Å². The summed E-state index contributed by atoms with van der Waals surface area (Å²) in [7, 11) is -1.39. The Bertz CT molecular complexity index is 513. The number of hydrogen-bond donors (Lipinski definition) is 0. The molecule has 1 fully saturated rings. The van der Waals surface area contributed by atoms with Crippen molar-refractivity contribution in [3.05, 3.63) is 17.3 Å². The Kier molecular flexibility index (Phi) is 6.45. The number of ether oxygens (including phenoxy) is 1. The molecule has 0 radical (unpaired) electrons. The van der Waals surface area contributed by atoms with E-state index < -0.39 is 8.07 Å². The Morgan fingerprint density at radius 3 is 2.57 bits per heavy atom. The van der Waals surface area contributed by atoms with Crippen molar-refractivity contribution < 1.29 is 13.9 Å². The summed E-state index contributed by atoms with van der Waals surface area (Å²) in [5, 5.41) is 0. The normalized spacial score (nSPS) is 16.5. The van der Waals surface area contributed by atoms with Crippen molar-refractivity contribution in [1.82, 2.24) is 4.98 Å². The number of unbranched alkanes of at least 4 members (excludes halogenated alkanes) is 1. The van der Waals surface area contributed by atoms with Crippen LogP contribution in [0.15, 0.2) is 4.42 Å². The second kappa shape index (κ2) is 8.13. The molecule has 0 saturated heterocycles. The van der Waals surface area contributed by atoms with Crippen LogP contribution in [0.5, 0.6) is 0 Å². The van der Waals surface area contributed by atoms with E-state index in [1.807, 2.05) is 0 Å². The largest absolute Gasteiger partial charge is 0.461 e. The van der Waals surface area contributed by atoms with Gasteiger partial charge in [0, 0.05) is 12.0 Å². The maximum Gasteiger partial charge on any atom is 0.360 e. The number of carbonyl (C=O) groups excluding carboxylic acids is 1. The first kappa shape index (κ1) is 18.2. The molecule has 1 saturated carbocycles. The van der Waals surface area contributed by atoms with Gasteiger partial charge in [-0.05, 0) is 19.3 Å². The molecule has 5 heteroatoms. The van der Waals surface area contributed by atoms with Crippen molar-refractivity contribution >= 4 is 14.0 Å². The van der Waals surface area contributed by atoms with E-state index in [-0.39, 0.29) is 5.97 Å². The second-order valence-corrected chi connectivity index (χ2v) is 13.4. The molecule has 0 N–H and O–H groups in total. The number of hydrogen-bond acceptors (Lipinski definition) is 4. The summed E-state index contributed by atoms with van der Waals surface area (Å²) in [6, 6.07) is 0.838. The minimum atomic E-state index is -1.39. The molecule has 23 heavy (non-hydrogen) atoms. The van der Waals surface area contributed by atoms with Gasteiger partial charge in [-0.3, -0.25) is 0 Å². The molecule has 0 aliphatic heterocycles. The number of esters is 1. The number of nitrogens with zero attached hydrogens (tertiary/aromatic N) is 1. The molecule has 130 valence electrons. The van der Waals surface area contributed by atoms with Gasteiger partial charge < -0.3 is 9.15 Å². The van der Waals surface area contributed by atoms with Gasteiger partial charge in [0.15, 0.2) is 11.6 Å². The van der Waals surface area contributed by atoms with Crippen LogP contribution in [0.2, 0.25) is 19.6 Å². The fourth-order valence-corrected chi connectivity index (χ4v) is 4.24. The van der Waals surface area contributed by atoms with Crippen LogP contribution in [0.25, 0.3) is 0 Å². The third-order valence-electron chi connectivity index (χ3n) is 4.28. The van der Waals surface area contributed by atoms with Gasteiger partial charge in [-0.15, -0.1) is 0 Å². The van der Waals surface area contributed by atoms with Crippen LogP contribution in [0.3, 0.4) is 0 Å². The van der Waals surface area contributed by atoms with E-state index >= 15 is 0 Å². The van der Waals surface area contributed by atoms with E-state index in [0.717, 1.165) is 43.4 Å². The Morgan fingerprint density at radius 2 is 1.96 bits per heavy atom. The van der Waals surface area contributed by atoms with Crippen LogP contribution in [-0.2, 0) is 10.8 Å². The molecule has 2 rings (SSSR count). The fraction of sp³-hybridized carbons (Fsp3) is 0.778. The number of rotatable bonds is 7. The van der Waals surface area contributed by atoms with E-state index in [9.17, 15) is 4.79 Å². The van der Waals surface area contributed by atoms with Crippen molar-refractivity contribution in [3.63, 3.8) is 0 Å². The fourth-order valence-electron chi connectivity index (χ4n) is 3.03. The zero-order chi connectivity index (χ0) is 16.9. The van der Waals surface area contributed by atoms with Gasteiger partial charge in [-0.25, -0.2) is 9.78 Å². The van der Waals surface area contributed by atoms with E-state index in [0.29, 0.717) is 18.2 Å². The molecule has 0 aromatic carbocycles. The van der Waals surface area contributed by atoms with E-state index in [4.69, 9.17) is 9.15 Å². The zero-order valence-corrected chi connectivity index (χ0v) is 16.1. The van der Waals surface area contributed by atoms with Crippen LogP contribution >= 0.6 is 0 Å². The first-order valence-electron chi connectivity index (χ1n) is 9.07. The molecule has 4 nitrogen and oxygen atoms in total. The molecule has 1 aromatic rings. The topological polar surface area (TPSA) is 52.3 Å². The zero-order valence-electron chi connectivity index (χ0n) is 15.1. The average Bonchev–Trinajstić information content (AvgIpc) is 2.90. The summed E-state index contributed by atoms with van der Waals surface area (Å²) < 4.78 is 11.5. The summed E-state index contributed by atoms with van der Waals surface area (Å²) >= 11 is 0. The number of carbonyl (C=O) groups is 1. The lowest BCUT2D eigenvalue weighted by Crippen LogP contribution is -2.25. The van der Waals surface area contributed by atoms with Gasteiger partial charge in [-0.1, -0.05) is 52.2 Å². The van der Waals surface area contributed by atoms with Crippen LogP contribution in [0, 0.1) is 0 Å². The SMILES string of the molecule is CCCCOC(=O)c1nc(C2CCCCC2)oc1C[Si](C)(C)C. The van der Waals surface area contributed by atoms with E-state index in [1.165, 1.54) is 19.3 Å². The lowest BCUT2D eigenvalue weighted by atomic mass is 9.89. The highest BCUT2D eigenvalue weighted by Crippen LogP contribution is 2.33. The molecule has 0 spiro atoms. The van der Waals surface area contributed by atoms with Crippen molar-refractivity contribution in [1.29, 1.82) is 0 Å². The smallest absolute Gasteiger partial charge is 0.360 e. The minimum Gasteiger partial charge on any atom is -0.461 e. The van der Waals surface area contributed by atoms with Gasteiger partial charge in [0.25, 0.3) is 0 Å². The molecule has 1 heterocycles. The monoisotopic (exact) mass is 337 g/mol. The molecule has 0 amide bonds. The third-order valence-corrected chi connectivity index (χ3v) is 5.67. The highest BCUT2D eigenvalue weighted by molar-refractivity contribution is 6.75. The van der Waals surface area contributed by atoms with Gasteiger partial charge in [0.05, 0.1) is 14.7 Å². The second-order valence-electron chi connectivity index (χ2n) is 7.89. The Balaban J connectivity index is 2.18. The lowest BCUT2D eigenvalue weighted by molar-refractivity contribution is 0.0491. The molecule has 0 bridgehead atoms. The van der Waals surface area contributed by atoms with Crippen molar-refractivity contribution in [3.8, 4) is 0 Å². The highest BCUT2D eigenvalue weighted by Gasteiger charge is 2.29. The van der Waals surface area contributed by atoms with Gasteiger partial charge in [-0.2, -0.15) is 0 Å². The van der Waals surface area contributed by atoms with Gasteiger partial charge in [0.1, 0.15) is 5.76 Å². The lowest BCUT2D eigenvalue weighted by Gasteiger charge is -2.18. The Morgan fingerprint density at radius 1 is 1.26 bits per heavy atom. The number of oxazole rings is 1. The first-order chi connectivity index (χ1) is 10.9. The first-order valence-corrected chi connectivity index (χ1v) is 12.8. The average molecular weight is 338 g/mol. The van der Waals surface area contributed by atoms with Crippen LogP contribution in [0.1, 0.15) is 79.9 Å². The van der Waals surface area contributed by atoms with Crippen LogP contribution in [-0.4, -0.2) is 25.6 Å². The Labute approximate surface area is 141 Å². The maximum absolute atomic E-state index is 12.4. The molecule has 0 atom stereocenters. The molecule has 1 aliphatic rings. The van der Waals surface area contributed by atoms with Gasteiger partial charge in [0.2, 0.25) is 0 Å². The maximum atomic E-state index is 12.4. The molecular weight excluding hydrogens is 306 g/mol. The summed E-state index contributed by atoms with van der Waals surface area (Å²) in [4.78, 5) is 17.0. The van der Waals surface area contributed by atoms with E-state index in [1.54, 1.807) is 0 Å². The predicted octanol–water partition coefficient (Wildman–Crippen LogP) is 5.10. The quantitative estimate of drug-likeness (QED) is 0.394.